The van der Waals surface area contributed by atoms with E-state index in [2.05, 4.69) is 19.2 Å². The predicted octanol–water partition coefficient (Wildman–Crippen LogP) is 5.45. The second kappa shape index (κ2) is 9.33. The maximum atomic E-state index is 13.4. The third-order valence-corrected chi connectivity index (χ3v) is 7.08. The Balaban J connectivity index is 1.76. The van der Waals surface area contributed by atoms with Gasteiger partial charge in [-0.05, 0) is 48.1 Å². The molecule has 1 aliphatic rings. The fourth-order valence-electron chi connectivity index (χ4n) is 4.99. The molecule has 32 heavy (non-hydrogen) atoms. The maximum absolute atomic E-state index is 13.4. The first-order chi connectivity index (χ1) is 15.4. The highest BCUT2D eigenvalue weighted by Crippen LogP contribution is 2.33. The second-order valence-electron chi connectivity index (χ2n) is 8.98. The Bertz CT molecular complexity index is 1110. The van der Waals surface area contributed by atoms with E-state index in [1.165, 1.54) is 25.0 Å². The highest BCUT2D eigenvalue weighted by atomic mass is 19.1. The summed E-state index contributed by atoms with van der Waals surface area (Å²) in [5.41, 5.74) is 2.68. The van der Waals surface area contributed by atoms with E-state index in [1.54, 1.807) is 23.8 Å². The van der Waals surface area contributed by atoms with Gasteiger partial charge in [0.05, 0.1) is 12.6 Å². The van der Waals surface area contributed by atoms with E-state index in [-0.39, 0.29) is 11.5 Å². The van der Waals surface area contributed by atoms with Gasteiger partial charge in [0.25, 0.3) is 0 Å². The number of hydrogen-bond donors (Lipinski definition) is 2. The minimum absolute atomic E-state index is 0.265. The highest BCUT2D eigenvalue weighted by molar-refractivity contribution is 5.98. The van der Waals surface area contributed by atoms with E-state index in [1.807, 2.05) is 18.2 Å². The van der Waals surface area contributed by atoms with Crippen LogP contribution in [0.15, 0.2) is 42.5 Å². The van der Waals surface area contributed by atoms with Crippen molar-refractivity contribution in [1.82, 2.24) is 9.88 Å². The lowest BCUT2D eigenvalue weighted by atomic mass is 9.78. The molecule has 2 N–H and O–H groups in total. The molecule has 4 rings (SSSR count). The third kappa shape index (κ3) is 4.37. The molecule has 1 saturated carbocycles. The number of methoxy groups -OCH3 is 1. The zero-order valence-corrected chi connectivity index (χ0v) is 18.9. The second-order valence-corrected chi connectivity index (χ2v) is 8.98. The number of benzene rings is 2. The lowest BCUT2D eigenvalue weighted by molar-refractivity contribution is 0.0684. The maximum Gasteiger partial charge on any atom is 0.352 e. The molecule has 0 bridgehead atoms. The van der Waals surface area contributed by atoms with Crippen LogP contribution in [0.2, 0.25) is 0 Å². The van der Waals surface area contributed by atoms with Crippen molar-refractivity contribution in [3.8, 4) is 5.75 Å². The number of aromatic nitrogens is 1. The summed E-state index contributed by atoms with van der Waals surface area (Å²) >= 11 is 0. The van der Waals surface area contributed by atoms with Gasteiger partial charge in [-0.1, -0.05) is 38.8 Å². The molecule has 0 spiro atoms. The third-order valence-electron chi connectivity index (χ3n) is 7.08. The van der Waals surface area contributed by atoms with Crippen LogP contribution in [-0.2, 0) is 13.1 Å². The van der Waals surface area contributed by atoms with Gasteiger partial charge in [-0.25, -0.2) is 9.18 Å². The quantitative estimate of drug-likeness (QED) is 0.515. The number of ether oxygens (including phenoxy) is 1. The molecule has 0 amide bonds. The topological polar surface area (TPSA) is 63.5 Å². The Morgan fingerprint density at radius 1 is 1.19 bits per heavy atom. The number of carboxylic acids is 1. The summed E-state index contributed by atoms with van der Waals surface area (Å²) in [7, 11) is 1.60. The number of nitrogens with zero attached hydrogens (tertiary/aromatic N) is 1. The molecule has 6 heteroatoms. The number of carbonyl (C=O) groups is 1. The van der Waals surface area contributed by atoms with E-state index < -0.39 is 5.97 Å². The van der Waals surface area contributed by atoms with E-state index in [0.717, 1.165) is 28.5 Å². The summed E-state index contributed by atoms with van der Waals surface area (Å²) in [5.74, 6) is 0.589. The molecule has 1 aromatic heterocycles. The first kappa shape index (κ1) is 22.3. The van der Waals surface area contributed by atoms with Gasteiger partial charge in [0.15, 0.2) is 0 Å². The minimum Gasteiger partial charge on any atom is -0.497 e. The van der Waals surface area contributed by atoms with Crippen LogP contribution < -0.4 is 10.1 Å². The number of aromatic carboxylic acids is 1. The van der Waals surface area contributed by atoms with Crippen LogP contribution in [0.25, 0.3) is 10.9 Å². The van der Waals surface area contributed by atoms with Crippen molar-refractivity contribution in [3.05, 3.63) is 65.1 Å². The molecule has 0 unspecified atom stereocenters. The molecule has 1 aliphatic carbocycles. The van der Waals surface area contributed by atoms with Gasteiger partial charge in [-0.3, -0.25) is 0 Å². The average Bonchev–Trinajstić information content (AvgIpc) is 3.09. The number of nitrogens with one attached hydrogen (secondary N) is 1. The summed E-state index contributed by atoms with van der Waals surface area (Å²) in [4.78, 5) is 12.4. The number of fused-ring (bicyclic) bond motifs is 1. The summed E-state index contributed by atoms with van der Waals surface area (Å²) < 4.78 is 20.6. The molecular formula is C26H31FN2O3. The summed E-state index contributed by atoms with van der Waals surface area (Å²) in [6, 6.07) is 12.2. The monoisotopic (exact) mass is 438 g/mol. The minimum atomic E-state index is -0.968. The van der Waals surface area contributed by atoms with Crippen LogP contribution >= 0.6 is 0 Å². The van der Waals surface area contributed by atoms with Gasteiger partial charge >= 0.3 is 5.97 Å². The van der Waals surface area contributed by atoms with Gasteiger partial charge in [0, 0.05) is 36.1 Å². The van der Waals surface area contributed by atoms with Gasteiger partial charge in [-0.2, -0.15) is 0 Å². The van der Waals surface area contributed by atoms with Crippen molar-refractivity contribution in [2.75, 3.05) is 7.11 Å². The number of carboxylic acid groups (broad SMARTS) is 1. The molecule has 0 aliphatic heterocycles. The first-order valence-electron chi connectivity index (χ1n) is 11.3. The van der Waals surface area contributed by atoms with Crippen LogP contribution in [0.1, 0.15) is 54.7 Å². The van der Waals surface area contributed by atoms with Crippen LogP contribution in [-0.4, -0.2) is 28.8 Å². The largest absolute Gasteiger partial charge is 0.497 e. The number of rotatable bonds is 7. The van der Waals surface area contributed by atoms with E-state index >= 15 is 0 Å². The normalized spacial score (nSPS) is 21.1. The molecular weight excluding hydrogens is 407 g/mol. The van der Waals surface area contributed by atoms with Crippen molar-refractivity contribution in [2.45, 2.75) is 52.2 Å². The zero-order chi connectivity index (χ0) is 22.8. The molecule has 1 fully saturated rings. The standard InChI is InChI=1S/C26H31FN2O3/c1-16-5-4-6-23(17(16)2)28-14-22-21-12-11-20(32-3)13-24(21)29(25(22)26(30)31)15-18-7-9-19(27)10-8-18/h7-13,16-17,23,28H,4-6,14-15H2,1-3H3,(H,30,31)/t16-,17+,23+/m0/s1. The Morgan fingerprint density at radius 2 is 1.94 bits per heavy atom. The van der Waals surface area contributed by atoms with Crippen LogP contribution in [0.4, 0.5) is 4.39 Å². The van der Waals surface area contributed by atoms with Crippen molar-refractivity contribution < 1.29 is 19.0 Å². The van der Waals surface area contributed by atoms with Crippen molar-refractivity contribution in [1.29, 1.82) is 0 Å². The fraction of sp³-hybridized carbons (Fsp3) is 0.423. The van der Waals surface area contributed by atoms with Crippen LogP contribution in [0.5, 0.6) is 5.75 Å². The Kier molecular flexibility index (Phi) is 6.51. The van der Waals surface area contributed by atoms with E-state index in [9.17, 15) is 14.3 Å². The first-order valence-corrected chi connectivity index (χ1v) is 11.3. The van der Waals surface area contributed by atoms with Gasteiger partial charge < -0.3 is 19.7 Å². The summed E-state index contributed by atoms with van der Waals surface area (Å²) in [5, 5.41) is 14.7. The lowest BCUT2D eigenvalue weighted by Crippen LogP contribution is -2.40. The predicted molar refractivity (Wildman–Crippen MR) is 124 cm³/mol. The van der Waals surface area contributed by atoms with Gasteiger partial charge in [-0.15, -0.1) is 0 Å². The van der Waals surface area contributed by atoms with Crippen molar-refractivity contribution in [3.63, 3.8) is 0 Å². The fourth-order valence-corrected chi connectivity index (χ4v) is 4.99. The van der Waals surface area contributed by atoms with Crippen molar-refractivity contribution in [2.24, 2.45) is 11.8 Å². The zero-order valence-electron chi connectivity index (χ0n) is 18.9. The smallest absolute Gasteiger partial charge is 0.352 e. The molecule has 170 valence electrons. The molecule has 3 atom stereocenters. The van der Waals surface area contributed by atoms with Crippen LogP contribution in [0, 0.1) is 17.7 Å². The molecule has 0 saturated heterocycles. The van der Waals surface area contributed by atoms with E-state index in [4.69, 9.17) is 4.74 Å². The Morgan fingerprint density at radius 3 is 2.62 bits per heavy atom. The number of hydrogen-bond acceptors (Lipinski definition) is 3. The van der Waals surface area contributed by atoms with Gasteiger partial charge in [0.2, 0.25) is 0 Å². The molecule has 0 radical (unpaired) electrons. The average molecular weight is 439 g/mol. The lowest BCUT2D eigenvalue weighted by Gasteiger charge is -2.34. The molecule has 2 aromatic carbocycles. The Labute approximate surface area is 188 Å². The Hall–Kier alpha value is -2.86. The SMILES string of the molecule is COc1ccc2c(CN[C@@H]3CCC[C@H](C)[C@H]3C)c(C(=O)O)n(Cc3ccc(F)cc3)c2c1. The van der Waals surface area contributed by atoms with Crippen molar-refractivity contribution >= 4 is 16.9 Å². The number of halogens is 1. The summed E-state index contributed by atoms with van der Waals surface area (Å²) in [6.07, 6.45) is 3.55. The molecule has 1 heterocycles. The molecule has 5 nitrogen and oxygen atoms in total. The van der Waals surface area contributed by atoms with Crippen LogP contribution in [0.3, 0.4) is 0 Å². The van der Waals surface area contributed by atoms with E-state index in [0.29, 0.717) is 36.7 Å². The van der Waals surface area contributed by atoms with Gasteiger partial charge in [0.1, 0.15) is 17.3 Å². The summed E-state index contributed by atoms with van der Waals surface area (Å²) in [6.45, 7) is 5.40. The highest BCUT2D eigenvalue weighted by Gasteiger charge is 2.28. The molecule has 3 aromatic rings.